The lowest BCUT2D eigenvalue weighted by Gasteiger charge is -2.35. The predicted octanol–water partition coefficient (Wildman–Crippen LogP) is 3.81. The molecule has 0 bridgehead atoms. The number of piperazine rings is 1. The summed E-state index contributed by atoms with van der Waals surface area (Å²) >= 11 is 0.925. The molecule has 0 radical (unpaired) electrons. The smallest absolute Gasteiger partial charge is 0.413 e. The number of para-hydroxylation sites is 1. The second-order valence-electron chi connectivity index (χ2n) is 9.99. The lowest BCUT2D eigenvalue weighted by Crippen LogP contribution is -2.50. The summed E-state index contributed by atoms with van der Waals surface area (Å²) in [6.07, 6.45) is 0.876. The van der Waals surface area contributed by atoms with Crippen LogP contribution in [0.1, 0.15) is 24.0 Å². The van der Waals surface area contributed by atoms with Crippen molar-refractivity contribution in [2.24, 2.45) is 0 Å². The fourth-order valence-corrected chi connectivity index (χ4v) is 8.06. The van der Waals surface area contributed by atoms with Gasteiger partial charge in [0.25, 0.3) is 10.0 Å². The molecule has 4 aromatic rings. The van der Waals surface area contributed by atoms with Crippen molar-refractivity contribution in [3.8, 4) is 11.1 Å². The van der Waals surface area contributed by atoms with Gasteiger partial charge in [-0.3, -0.25) is 15.3 Å². The number of carbonyl (C=O) groups is 1. The number of aryl methyl sites for hydroxylation is 3. The van der Waals surface area contributed by atoms with Crippen molar-refractivity contribution in [1.82, 2.24) is 34.4 Å². The first-order valence-electron chi connectivity index (χ1n) is 13.2. The molecule has 1 saturated heterocycles. The van der Waals surface area contributed by atoms with Gasteiger partial charge in [0.15, 0.2) is 9.34 Å². The molecule has 13 nitrogen and oxygen atoms in total. The molecule has 42 heavy (non-hydrogen) atoms. The van der Waals surface area contributed by atoms with Gasteiger partial charge in [-0.1, -0.05) is 23.5 Å². The molecule has 1 atom stereocenters. The Hall–Kier alpha value is -3.37. The van der Waals surface area contributed by atoms with Gasteiger partial charge < -0.3 is 10.1 Å². The van der Waals surface area contributed by atoms with E-state index in [4.69, 9.17) is 0 Å². The van der Waals surface area contributed by atoms with Gasteiger partial charge in [-0.25, -0.2) is 28.2 Å². The van der Waals surface area contributed by atoms with E-state index in [2.05, 4.69) is 52.3 Å². The minimum Gasteiger partial charge on any atom is -0.453 e. The summed E-state index contributed by atoms with van der Waals surface area (Å²) in [6, 6.07) is 6.11. The summed E-state index contributed by atoms with van der Waals surface area (Å²) < 4.78 is 32.8. The molecule has 1 fully saturated rings. The first-order valence-corrected chi connectivity index (χ1v) is 15.4. The van der Waals surface area contributed by atoms with Crippen molar-refractivity contribution in [3.63, 3.8) is 0 Å². The maximum atomic E-state index is 13.3. The molecule has 1 aromatic carbocycles. The van der Waals surface area contributed by atoms with Crippen LogP contribution in [-0.2, 0) is 14.8 Å². The van der Waals surface area contributed by atoms with Crippen LogP contribution in [0.5, 0.6) is 0 Å². The number of methoxy groups -OCH3 is 1. The Balaban J connectivity index is 0.00000405. The van der Waals surface area contributed by atoms with E-state index in [-0.39, 0.29) is 27.8 Å². The molecule has 3 aromatic heterocycles. The van der Waals surface area contributed by atoms with Crippen LogP contribution >= 0.6 is 23.7 Å². The summed E-state index contributed by atoms with van der Waals surface area (Å²) in [4.78, 5) is 27.0. The number of halogens is 1. The van der Waals surface area contributed by atoms with Crippen molar-refractivity contribution in [2.75, 3.05) is 50.5 Å². The highest BCUT2D eigenvalue weighted by atomic mass is 35.5. The average Bonchev–Trinajstić information content (AvgIpc) is 3.49. The Morgan fingerprint density at radius 1 is 1.14 bits per heavy atom. The molecule has 0 saturated carbocycles. The Kier molecular flexibility index (Phi) is 9.67. The van der Waals surface area contributed by atoms with Crippen LogP contribution in [0.4, 0.5) is 15.7 Å². The number of nitrogens with zero attached hydrogens (tertiary/aromatic N) is 6. The second-order valence-corrected chi connectivity index (χ2v) is 13.1. The van der Waals surface area contributed by atoms with Crippen molar-refractivity contribution >= 4 is 61.7 Å². The van der Waals surface area contributed by atoms with E-state index < -0.39 is 16.1 Å². The normalized spacial score (nSPS) is 15.3. The molecule has 226 valence electrons. The number of hydrogen-bond donors (Lipinski definition) is 3. The molecule has 0 spiro atoms. The van der Waals surface area contributed by atoms with Gasteiger partial charge in [-0.2, -0.15) is 9.40 Å². The number of benzene rings is 1. The van der Waals surface area contributed by atoms with Crippen molar-refractivity contribution in [1.29, 1.82) is 0 Å². The third-order valence-electron chi connectivity index (χ3n) is 7.03. The zero-order chi connectivity index (χ0) is 29.3. The van der Waals surface area contributed by atoms with Gasteiger partial charge in [0.05, 0.1) is 24.0 Å². The summed E-state index contributed by atoms with van der Waals surface area (Å²) in [5.41, 5.74) is 5.16. The third-order valence-corrected chi connectivity index (χ3v) is 10.6. The minimum absolute atomic E-state index is 0. The SMILES string of the molecule is COC(=O)Nc1nc(C)c(S(=O)(=O)N2CCN(CC(C)Nc3ncnc4c(-c5c(C)n[nH]c5C)cccc34)CC2)s1.Cl. The van der Waals surface area contributed by atoms with Crippen LogP contribution in [0.25, 0.3) is 22.0 Å². The van der Waals surface area contributed by atoms with Crippen molar-refractivity contribution < 1.29 is 17.9 Å². The molecule has 3 N–H and O–H groups in total. The first kappa shape index (κ1) is 31.6. The molecule has 1 unspecified atom stereocenters. The molecule has 16 heteroatoms. The Labute approximate surface area is 254 Å². The van der Waals surface area contributed by atoms with Crippen LogP contribution in [0, 0.1) is 20.8 Å². The van der Waals surface area contributed by atoms with Crippen LogP contribution in [-0.4, -0.2) is 94.7 Å². The van der Waals surface area contributed by atoms with E-state index in [9.17, 15) is 13.2 Å². The summed E-state index contributed by atoms with van der Waals surface area (Å²) in [6.45, 7) is 10.3. The number of fused-ring (bicyclic) bond motifs is 1. The predicted molar refractivity (Wildman–Crippen MR) is 165 cm³/mol. The number of anilines is 2. The summed E-state index contributed by atoms with van der Waals surface area (Å²) in [5, 5.41) is 14.5. The fourth-order valence-electron chi connectivity index (χ4n) is 5.10. The number of carbonyl (C=O) groups excluding carboxylic acids is 1. The number of H-pyrrole nitrogens is 1. The number of aromatic amines is 1. The lowest BCUT2D eigenvalue weighted by molar-refractivity contribution is 0.184. The highest BCUT2D eigenvalue weighted by molar-refractivity contribution is 7.91. The maximum Gasteiger partial charge on any atom is 0.413 e. The molecule has 0 aliphatic carbocycles. The molecular formula is C26H34ClN9O4S2. The van der Waals surface area contributed by atoms with E-state index in [0.29, 0.717) is 38.4 Å². The third kappa shape index (κ3) is 6.34. The second kappa shape index (κ2) is 12.9. The quantitative estimate of drug-likeness (QED) is 0.260. The van der Waals surface area contributed by atoms with Gasteiger partial charge >= 0.3 is 6.09 Å². The number of amides is 1. The van der Waals surface area contributed by atoms with Gasteiger partial charge in [0, 0.05) is 61.0 Å². The number of nitrogens with one attached hydrogen (secondary N) is 3. The topological polar surface area (TPSA) is 158 Å². The van der Waals surface area contributed by atoms with Crippen LogP contribution in [0.2, 0.25) is 0 Å². The molecule has 4 heterocycles. The Morgan fingerprint density at radius 3 is 2.55 bits per heavy atom. The van der Waals surface area contributed by atoms with E-state index in [1.807, 2.05) is 32.0 Å². The Morgan fingerprint density at radius 2 is 1.88 bits per heavy atom. The number of hydrogen-bond acceptors (Lipinski definition) is 11. The standard InChI is InChI=1S/C26H33N9O4S2.ClH/c1-15(29-23-20-8-6-7-19(22(20)27-14-28-23)21-16(2)32-33-17(21)3)13-34-9-11-35(12-10-34)41(37,38)24-18(4)30-25(40-24)31-26(36)39-5;/h6-8,14-15H,9-13H2,1-5H3,(H,32,33)(H,27,28,29)(H,30,31,36);1H. The first-order chi connectivity index (χ1) is 19.6. The van der Waals surface area contributed by atoms with E-state index >= 15 is 0 Å². The molecular weight excluding hydrogens is 602 g/mol. The van der Waals surface area contributed by atoms with Crippen molar-refractivity contribution in [3.05, 3.63) is 41.6 Å². The molecule has 1 aliphatic heterocycles. The maximum absolute atomic E-state index is 13.3. The largest absolute Gasteiger partial charge is 0.453 e. The lowest BCUT2D eigenvalue weighted by atomic mass is 10.0. The van der Waals surface area contributed by atoms with Gasteiger partial charge in [0.2, 0.25) is 0 Å². The Bertz CT molecular complexity index is 1660. The van der Waals surface area contributed by atoms with Gasteiger partial charge in [-0.15, -0.1) is 12.4 Å². The zero-order valence-corrected chi connectivity index (χ0v) is 26.4. The molecule has 1 amide bonds. The van der Waals surface area contributed by atoms with E-state index in [1.165, 1.54) is 11.4 Å². The van der Waals surface area contributed by atoms with Gasteiger partial charge in [-0.05, 0) is 33.8 Å². The highest BCUT2D eigenvalue weighted by Gasteiger charge is 2.32. The number of rotatable bonds is 8. The van der Waals surface area contributed by atoms with Crippen molar-refractivity contribution in [2.45, 2.75) is 37.9 Å². The van der Waals surface area contributed by atoms with E-state index in [0.717, 1.165) is 50.6 Å². The number of aromatic nitrogens is 5. The average molecular weight is 636 g/mol. The number of sulfonamides is 1. The number of thiazole rings is 1. The fraction of sp³-hybridized carbons (Fsp3) is 0.423. The molecule has 5 rings (SSSR count). The summed E-state index contributed by atoms with van der Waals surface area (Å²) in [7, 11) is -2.50. The number of ether oxygens (including phenoxy) is 1. The van der Waals surface area contributed by atoms with E-state index in [1.54, 1.807) is 13.3 Å². The van der Waals surface area contributed by atoms with Crippen LogP contribution in [0.15, 0.2) is 28.7 Å². The van der Waals surface area contributed by atoms with Gasteiger partial charge in [0.1, 0.15) is 12.1 Å². The minimum atomic E-state index is -3.74. The molecule has 1 aliphatic rings. The highest BCUT2D eigenvalue weighted by Crippen LogP contribution is 2.33. The van der Waals surface area contributed by atoms with Crippen LogP contribution in [0.3, 0.4) is 0 Å². The van der Waals surface area contributed by atoms with Crippen LogP contribution < -0.4 is 10.6 Å². The summed E-state index contributed by atoms with van der Waals surface area (Å²) in [5.74, 6) is 0.751. The zero-order valence-electron chi connectivity index (χ0n) is 24.0. The monoisotopic (exact) mass is 635 g/mol.